The predicted molar refractivity (Wildman–Crippen MR) is 191 cm³/mol. The van der Waals surface area contributed by atoms with Crippen molar-refractivity contribution in [1.82, 2.24) is 19.4 Å². The fourth-order valence-corrected chi connectivity index (χ4v) is 7.70. The van der Waals surface area contributed by atoms with Gasteiger partial charge in [-0.15, -0.1) is 0 Å². The molecule has 3 fully saturated rings. The Labute approximate surface area is 302 Å². The molecule has 3 aromatic rings. The first-order valence-electron chi connectivity index (χ1n) is 18.2. The van der Waals surface area contributed by atoms with Crippen LogP contribution >= 0.6 is 0 Å². The topological polar surface area (TPSA) is 140 Å². The smallest absolute Gasteiger partial charge is 0.410 e. The lowest BCUT2D eigenvalue weighted by atomic mass is 9.73. The Balaban J connectivity index is 1.07. The van der Waals surface area contributed by atoms with E-state index in [0.717, 1.165) is 30.4 Å². The molecule has 11 nitrogen and oxygen atoms in total. The number of rotatable bonds is 7. The molecular formula is C39H49F2N5O6. The fraction of sp³-hybridized carbons (Fsp3) is 0.538. The summed E-state index contributed by atoms with van der Waals surface area (Å²) in [5.41, 5.74) is 5.16. The number of nitrogen functional groups attached to an aromatic ring is 1. The van der Waals surface area contributed by atoms with Gasteiger partial charge in [-0.25, -0.2) is 18.6 Å². The normalized spacial score (nSPS) is 23.2. The molecule has 1 aliphatic carbocycles. The standard InChI is InChI=1S/C39H49F2N5O6/c1-37(2,3)52-36(49)46-20-8-7-11-31(46)27-12-14-28(15-13-27)51-33-32(42)35(48)45(25-43-33)24-38(50)18-21-44(22-19-38)34(47)29-16-17-39(40,41)23-30(29)26-9-5-4-6-10-26/h4-6,9-10,12-15,25,29-31,50H,7-8,11,16-24,42H2,1-3H3/t29-,30+,31?/m1/s1. The zero-order chi connectivity index (χ0) is 37.3. The summed E-state index contributed by atoms with van der Waals surface area (Å²) in [6.45, 7) is 6.52. The summed E-state index contributed by atoms with van der Waals surface area (Å²) in [4.78, 5) is 47.6. The highest BCUT2D eigenvalue weighted by atomic mass is 19.3. The number of hydrogen-bond donors (Lipinski definition) is 2. The third kappa shape index (κ3) is 8.57. The molecule has 1 unspecified atom stereocenters. The number of aromatic nitrogens is 2. The molecule has 13 heteroatoms. The number of alkyl halides is 2. The Morgan fingerprint density at radius 1 is 0.962 bits per heavy atom. The molecule has 0 radical (unpaired) electrons. The van der Waals surface area contributed by atoms with Gasteiger partial charge in [-0.1, -0.05) is 42.5 Å². The average Bonchev–Trinajstić information content (AvgIpc) is 3.11. The average molecular weight is 722 g/mol. The van der Waals surface area contributed by atoms with E-state index < -0.39 is 34.5 Å². The maximum absolute atomic E-state index is 14.5. The van der Waals surface area contributed by atoms with Crippen molar-refractivity contribution >= 4 is 17.7 Å². The van der Waals surface area contributed by atoms with Gasteiger partial charge in [-0.2, -0.15) is 0 Å². The molecule has 3 atom stereocenters. The van der Waals surface area contributed by atoms with Crippen LogP contribution in [-0.2, 0) is 16.1 Å². The number of likely N-dealkylation sites (tertiary alicyclic amines) is 2. The summed E-state index contributed by atoms with van der Waals surface area (Å²) in [6, 6.07) is 16.1. The molecule has 6 rings (SSSR count). The zero-order valence-corrected chi connectivity index (χ0v) is 30.1. The SMILES string of the molecule is CC(C)(C)OC(=O)N1CCCCC1c1ccc(Oc2ncn(CC3(O)CCN(C(=O)[C@@H]4CCC(F)(F)C[C@H]4c4ccccc4)CC3)c(=O)c2N)cc1. The molecule has 0 spiro atoms. The minimum absolute atomic E-state index is 0.0690. The maximum atomic E-state index is 14.5. The maximum Gasteiger partial charge on any atom is 0.410 e. The number of piperidine rings is 2. The number of hydrogen-bond acceptors (Lipinski definition) is 8. The van der Waals surface area contributed by atoms with Crippen LogP contribution in [0.1, 0.15) is 95.2 Å². The van der Waals surface area contributed by atoms with Crippen molar-refractivity contribution in [3.63, 3.8) is 0 Å². The summed E-state index contributed by atoms with van der Waals surface area (Å²) in [6.07, 6.45) is 3.43. The van der Waals surface area contributed by atoms with Crippen LogP contribution in [0, 0.1) is 5.92 Å². The second-order valence-corrected chi connectivity index (χ2v) is 15.5. The molecular weight excluding hydrogens is 672 g/mol. The van der Waals surface area contributed by atoms with Crippen LogP contribution in [0.5, 0.6) is 11.6 Å². The molecule has 3 heterocycles. The van der Waals surface area contributed by atoms with Crippen molar-refractivity contribution in [3.05, 3.63) is 82.4 Å². The van der Waals surface area contributed by atoms with Crippen LogP contribution in [0.4, 0.5) is 19.3 Å². The van der Waals surface area contributed by atoms with Crippen molar-refractivity contribution in [2.45, 2.75) is 108 Å². The van der Waals surface area contributed by atoms with Crippen LogP contribution < -0.4 is 16.0 Å². The van der Waals surface area contributed by atoms with E-state index in [9.17, 15) is 28.3 Å². The van der Waals surface area contributed by atoms with Crippen molar-refractivity contribution in [1.29, 1.82) is 0 Å². The Kier molecular flexibility index (Phi) is 10.6. The second-order valence-electron chi connectivity index (χ2n) is 15.5. The van der Waals surface area contributed by atoms with E-state index in [4.69, 9.17) is 15.2 Å². The van der Waals surface area contributed by atoms with Crippen molar-refractivity contribution in [3.8, 4) is 11.6 Å². The van der Waals surface area contributed by atoms with E-state index in [0.29, 0.717) is 12.3 Å². The monoisotopic (exact) mass is 721 g/mol. The van der Waals surface area contributed by atoms with Gasteiger partial charge in [0.25, 0.3) is 5.56 Å². The van der Waals surface area contributed by atoms with Gasteiger partial charge in [0.15, 0.2) is 5.69 Å². The van der Waals surface area contributed by atoms with Crippen LogP contribution in [0.3, 0.4) is 0 Å². The highest BCUT2D eigenvalue weighted by Crippen LogP contribution is 2.46. The van der Waals surface area contributed by atoms with E-state index in [2.05, 4.69) is 4.98 Å². The first-order valence-corrected chi connectivity index (χ1v) is 18.2. The number of carbonyl (C=O) groups excluding carboxylic acids is 2. The molecule has 0 bridgehead atoms. The van der Waals surface area contributed by atoms with Crippen molar-refractivity contribution in [2.24, 2.45) is 5.92 Å². The third-order valence-electron chi connectivity index (χ3n) is 10.5. The number of aliphatic hydroxyl groups is 1. The summed E-state index contributed by atoms with van der Waals surface area (Å²) in [7, 11) is 0. The number of anilines is 1. The Morgan fingerprint density at radius 3 is 2.33 bits per heavy atom. The van der Waals surface area contributed by atoms with E-state index >= 15 is 0 Å². The van der Waals surface area contributed by atoms with Crippen LogP contribution in [0.15, 0.2) is 65.7 Å². The summed E-state index contributed by atoms with van der Waals surface area (Å²) < 4.78 is 41.7. The first kappa shape index (κ1) is 37.2. The molecule has 52 heavy (non-hydrogen) atoms. The van der Waals surface area contributed by atoms with Gasteiger partial charge in [0.05, 0.1) is 18.2 Å². The number of nitrogens with zero attached hydrogens (tertiary/aromatic N) is 4. The lowest BCUT2D eigenvalue weighted by Crippen LogP contribution is -2.52. The molecule has 2 aromatic carbocycles. The molecule has 2 aliphatic heterocycles. The number of halogens is 2. The lowest BCUT2D eigenvalue weighted by Gasteiger charge is -2.42. The van der Waals surface area contributed by atoms with E-state index in [1.807, 2.05) is 39.0 Å². The lowest BCUT2D eigenvalue weighted by molar-refractivity contribution is -0.145. The first-order chi connectivity index (χ1) is 24.6. The van der Waals surface area contributed by atoms with Gasteiger partial charge in [-0.05, 0) is 82.6 Å². The Bertz CT molecular complexity index is 1790. The van der Waals surface area contributed by atoms with Crippen molar-refractivity contribution < 1.29 is 33.0 Å². The number of amides is 2. The van der Waals surface area contributed by atoms with Gasteiger partial charge in [0, 0.05) is 44.3 Å². The summed E-state index contributed by atoms with van der Waals surface area (Å²) in [5.74, 6) is -3.82. The zero-order valence-electron chi connectivity index (χ0n) is 30.1. The highest BCUT2D eigenvalue weighted by molar-refractivity contribution is 5.80. The molecule has 3 N–H and O–H groups in total. The predicted octanol–water partition coefficient (Wildman–Crippen LogP) is 6.65. The summed E-state index contributed by atoms with van der Waals surface area (Å²) >= 11 is 0. The third-order valence-corrected chi connectivity index (χ3v) is 10.5. The van der Waals surface area contributed by atoms with Gasteiger partial charge in [-0.3, -0.25) is 14.2 Å². The minimum atomic E-state index is -2.82. The van der Waals surface area contributed by atoms with E-state index in [1.54, 1.807) is 46.2 Å². The molecule has 1 aromatic heterocycles. The molecule has 2 amide bonds. The van der Waals surface area contributed by atoms with Crippen molar-refractivity contribution in [2.75, 3.05) is 25.4 Å². The van der Waals surface area contributed by atoms with Crippen LogP contribution in [0.25, 0.3) is 0 Å². The van der Waals surface area contributed by atoms with Gasteiger partial charge < -0.3 is 30.1 Å². The molecule has 2 saturated heterocycles. The Hall–Kier alpha value is -4.52. The number of carbonyl (C=O) groups is 2. The molecule has 3 aliphatic rings. The quantitative estimate of drug-likeness (QED) is 0.277. The van der Waals surface area contributed by atoms with Gasteiger partial charge >= 0.3 is 6.09 Å². The highest BCUT2D eigenvalue weighted by Gasteiger charge is 2.46. The number of benzene rings is 2. The summed E-state index contributed by atoms with van der Waals surface area (Å²) in [5, 5.41) is 11.5. The van der Waals surface area contributed by atoms with Crippen LogP contribution in [-0.4, -0.2) is 73.2 Å². The number of nitrogens with two attached hydrogens (primary N) is 1. The van der Waals surface area contributed by atoms with Gasteiger partial charge in [0.1, 0.15) is 17.7 Å². The fourth-order valence-electron chi connectivity index (χ4n) is 7.70. The Morgan fingerprint density at radius 2 is 1.65 bits per heavy atom. The van der Waals surface area contributed by atoms with E-state index in [1.165, 1.54) is 10.9 Å². The van der Waals surface area contributed by atoms with Crippen LogP contribution in [0.2, 0.25) is 0 Å². The molecule has 1 saturated carbocycles. The van der Waals surface area contributed by atoms with E-state index in [-0.39, 0.29) is 81.3 Å². The largest absolute Gasteiger partial charge is 0.444 e. The minimum Gasteiger partial charge on any atom is -0.444 e. The van der Waals surface area contributed by atoms with Gasteiger partial charge in [0.2, 0.25) is 17.7 Å². The molecule has 280 valence electrons. The number of ether oxygens (including phenoxy) is 2. The second kappa shape index (κ2) is 14.8.